The van der Waals surface area contributed by atoms with E-state index in [-0.39, 0.29) is 61.4 Å². The lowest BCUT2D eigenvalue weighted by Gasteiger charge is -2.35. The van der Waals surface area contributed by atoms with E-state index in [0.29, 0.717) is 51.0 Å². The van der Waals surface area contributed by atoms with Gasteiger partial charge in [-0.2, -0.15) is 18.4 Å². The molecule has 0 aliphatic carbocycles. The van der Waals surface area contributed by atoms with E-state index in [0.717, 1.165) is 44.3 Å². The minimum absolute atomic E-state index is 0.00298. The topological polar surface area (TPSA) is 178 Å². The number of hydrogen-bond donors (Lipinski definition) is 2. The van der Waals surface area contributed by atoms with Crippen LogP contribution < -0.4 is 20.4 Å². The third-order valence-corrected chi connectivity index (χ3v) is 14.0. The highest BCUT2D eigenvalue weighted by molar-refractivity contribution is 7.81. The van der Waals surface area contributed by atoms with Crippen LogP contribution in [0.1, 0.15) is 88.2 Å². The molecular formula is C52H61F3N8O7S2. The summed E-state index contributed by atoms with van der Waals surface area (Å²) < 4.78 is 52.4. The fraction of sp³-hybridized carbons (Fsp3) is 0.462. The van der Waals surface area contributed by atoms with Crippen molar-refractivity contribution in [2.75, 3.05) is 56.4 Å². The molecule has 72 heavy (non-hydrogen) atoms. The molecule has 2 atom stereocenters. The lowest BCUT2D eigenvalue weighted by Crippen LogP contribution is -2.58. The maximum Gasteiger partial charge on any atom is 0.417 e. The Morgan fingerprint density at radius 1 is 0.986 bits per heavy atom. The average Bonchev–Trinajstić information content (AvgIpc) is 4.05. The molecule has 1 unspecified atom stereocenters. The number of nitriles is 1. The zero-order valence-electron chi connectivity index (χ0n) is 41.6. The van der Waals surface area contributed by atoms with E-state index in [1.807, 2.05) is 69.6 Å². The van der Waals surface area contributed by atoms with Crippen molar-refractivity contribution < 1.29 is 46.6 Å². The van der Waals surface area contributed by atoms with Crippen molar-refractivity contribution in [1.29, 1.82) is 5.26 Å². The van der Waals surface area contributed by atoms with E-state index in [9.17, 15) is 42.4 Å². The molecule has 2 fully saturated rings. The Hall–Kier alpha value is -6.27. The van der Waals surface area contributed by atoms with Crippen molar-refractivity contribution in [3.63, 3.8) is 0 Å². The highest BCUT2D eigenvalue weighted by Crippen LogP contribution is 2.40. The number of nitrogens with one attached hydrogen (secondary N) is 2. The Morgan fingerprint density at radius 2 is 1.65 bits per heavy atom. The van der Waals surface area contributed by atoms with E-state index in [1.165, 1.54) is 6.07 Å². The van der Waals surface area contributed by atoms with Crippen LogP contribution in [0, 0.1) is 23.7 Å². The normalized spacial score (nSPS) is 16.2. The van der Waals surface area contributed by atoms with Gasteiger partial charge >= 0.3 is 6.18 Å². The molecule has 0 bridgehead atoms. The van der Waals surface area contributed by atoms with Gasteiger partial charge in [0.05, 0.1) is 58.8 Å². The summed E-state index contributed by atoms with van der Waals surface area (Å²) in [4.78, 5) is 78.0. The smallest absolute Gasteiger partial charge is 0.377 e. The summed E-state index contributed by atoms with van der Waals surface area (Å²) >= 11 is 7.22. The second-order valence-corrected chi connectivity index (χ2v) is 20.6. The number of alkyl halides is 3. The molecule has 2 N–H and O–H groups in total. The van der Waals surface area contributed by atoms with E-state index < -0.39 is 52.2 Å². The van der Waals surface area contributed by atoms with Gasteiger partial charge in [0.25, 0.3) is 5.91 Å². The number of thiocarbonyl (C=S) groups is 1. The molecule has 1 aromatic heterocycles. The van der Waals surface area contributed by atoms with Gasteiger partial charge in [0, 0.05) is 38.8 Å². The summed E-state index contributed by atoms with van der Waals surface area (Å²) in [7, 11) is 1.68. The summed E-state index contributed by atoms with van der Waals surface area (Å²) in [6.45, 7) is 12.1. The Bertz CT molecular complexity index is 2660. The van der Waals surface area contributed by atoms with Gasteiger partial charge in [0.15, 0.2) is 5.11 Å². The molecule has 5 amide bonds. The Labute approximate surface area is 427 Å². The highest BCUT2D eigenvalue weighted by Gasteiger charge is 2.51. The van der Waals surface area contributed by atoms with Crippen molar-refractivity contribution in [2.45, 2.75) is 104 Å². The third kappa shape index (κ3) is 13.2. The van der Waals surface area contributed by atoms with Crippen LogP contribution in [0.5, 0.6) is 0 Å². The summed E-state index contributed by atoms with van der Waals surface area (Å²) in [5, 5.41) is 15.0. The minimum atomic E-state index is -4.81. The molecule has 15 nitrogen and oxygen atoms in total. The van der Waals surface area contributed by atoms with E-state index in [2.05, 4.69) is 15.6 Å². The van der Waals surface area contributed by atoms with E-state index >= 15 is 0 Å². The number of aryl methyl sites for hydroxylation is 2. The third-order valence-electron chi connectivity index (χ3n) is 12.7. The molecule has 6 rings (SSSR count). The van der Waals surface area contributed by atoms with Crippen LogP contribution in [-0.2, 0) is 52.6 Å². The molecule has 0 radical (unpaired) electrons. The first kappa shape index (κ1) is 55.1. The van der Waals surface area contributed by atoms with Crippen molar-refractivity contribution in [3.8, 4) is 16.5 Å². The van der Waals surface area contributed by atoms with Crippen molar-refractivity contribution >= 4 is 69.6 Å². The molecule has 20 heteroatoms. The van der Waals surface area contributed by atoms with Gasteiger partial charge in [-0.15, -0.1) is 11.3 Å². The maximum absolute atomic E-state index is 13.9. The number of rotatable bonds is 20. The fourth-order valence-electron chi connectivity index (χ4n) is 8.60. The molecule has 0 spiro atoms. The number of carbonyl (C=O) groups is 5. The summed E-state index contributed by atoms with van der Waals surface area (Å²) in [6.07, 6.45) is -2.20. The fourth-order valence-corrected chi connectivity index (χ4v) is 9.93. The number of hydrogen-bond acceptors (Lipinski definition) is 11. The highest BCUT2D eigenvalue weighted by atomic mass is 32.1. The summed E-state index contributed by atoms with van der Waals surface area (Å²) in [6, 6.07) is 18.2. The second kappa shape index (κ2) is 23.5. The number of nitrogens with zero attached hydrogens (tertiary/aromatic N) is 6. The average molecular weight is 1030 g/mol. The van der Waals surface area contributed by atoms with Crippen molar-refractivity contribution in [2.24, 2.45) is 5.41 Å². The van der Waals surface area contributed by atoms with Gasteiger partial charge in [0.1, 0.15) is 24.2 Å². The van der Waals surface area contributed by atoms with E-state index in [1.54, 1.807) is 65.1 Å². The van der Waals surface area contributed by atoms with Crippen LogP contribution in [0.3, 0.4) is 0 Å². The molecule has 3 aromatic carbocycles. The molecule has 384 valence electrons. The monoisotopic (exact) mass is 1030 g/mol. The SMILES string of the molecule is Cc1ncsc1-c1ccc(CNC(=O)[C@@H]2CCCN2C(=O)C(NC(=O)COCCOCCN(C)C(=O)CCCc2ccc(N3C(=S)N(c4ccc(C#N)c(C(F)(F)F)c4)C(=O)C3(C)C)cc2)C(C)(C)C)cc1. The van der Waals surface area contributed by atoms with E-state index in [4.69, 9.17) is 21.7 Å². The first-order valence-corrected chi connectivity index (χ1v) is 25.0. The minimum Gasteiger partial charge on any atom is -0.377 e. The van der Waals surface area contributed by atoms with Crippen molar-refractivity contribution in [3.05, 3.63) is 100 Å². The lowest BCUT2D eigenvalue weighted by molar-refractivity contribution is -0.144. The number of carbonyl (C=O) groups excluding carboxylic acids is 5. The summed E-state index contributed by atoms with van der Waals surface area (Å²) in [5.74, 6) is -1.63. The van der Waals surface area contributed by atoms with Gasteiger partial charge < -0.3 is 34.8 Å². The summed E-state index contributed by atoms with van der Waals surface area (Å²) in [5.41, 5.74) is 2.58. The van der Waals surface area contributed by atoms with Crippen LogP contribution in [0.15, 0.2) is 72.2 Å². The molecule has 2 aliphatic rings. The number of ether oxygens (including phenoxy) is 2. The predicted octanol–water partition coefficient (Wildman–Crippen LogP) is 7.58. The molecule has 4 aromatic rings. The van der Waals surface area contributed by atoms with Gasteiger partial charge in [-0.25, -0.2) is 4.98 Å². The molecular weight excluding hydrogens is 970 g/mol. The number of halogens is 3. The lowest BCUT2D eigenvalue weighted by atomic mass is 9.85. The van der Waals surface area contributed by atoms with Gasteiger partial charge in [-0.05, 0) is 111 Å². The van der Waals surface area contributed by atoms with Crippen LogP contribution in [-0.4, -0.2) is 114 Å². The second-order valence-electron chi connectivity index (χ2n) is 19.4. The Morgan fingerprint density at radius 3 is 2.29 bits per heavy atom. The number of thiazole rings is 1. The predicted molar refractivity (Wildman–Crippen MR) is 272 cm³/mol. The van der Waals surface area contributed by atoms with Crippen LogP contribution in [0.4, 0.5) is 24.5 Å². The Kier molecular flexibility index (Phi) is 18.0. The number of amides is 5. The zero-order valence-corrected chi connectivity index (χ0v) is 43.2. The molecule has 3 heterocycles. The maximum atomic E-state index is 13.9. The van der Waals surface area contributed by atoms with Crippen LogP contribution >= 0.6 is 23.6 Å². The number of likely N-dealkylation sites (N-methyl/N-ethyl adjacent to an activating group) is 1. The molecule has 2 saturated heterocycles. The van der Waals surface area contributed by atoms with Crippen molar-refractivity contribution in [1.82, 2.24) is 25.4 Å². The number of anilines is 2. The van der Waals surface area contributed by atoms with Crippen LogP contribution in [0.2, 0.25) is 0 Å². The largest absolute Gasteiger partial charge is 0.417 e. The standard InChI is InChI=1S/C52H61F3N8O7S2/c1-33-44(72-32-58-33)36-17-13-35(14-18-36)30-57-46(66)41-11-9-23-61(41)47(67)45(50(2,3)4)59-42(64)31-70-27-26-69-25-24-60(7)43(65)12-8-10-34-15-20-38(21-16-34)63-49(71)62(48(68)51(63,5)6)39-22-19-37(29-56)40(28-39)52(53,54)55/h13-22,28,32,41,45H,8-12,23-27,30-31H2,1-7H3,(H,57,66)(H,59,64)/t41-,45?/m0/s1. The van der Waals surface area contributed by atoms with Gasteiger partial charge in [-0.1, -0.05) is 57.2 Å². The van der Waals surface area contributed by atoms with Gasteiger partial charge in [-0.3, -0.25) is 28.9 Å². The number of likely N-dealkylation sites (tertiary alicyclic amines) is 1. The number of aromatic nitrogens is 1. The zero-order chi connectivity index (χ0) is 52.5. The Balaban J connectivity index is 0.872. The van der Waals surface area contributed by atoms with Gasteiger partial charge in [0.2, 0.25) is 23.6 Å². The first-order chi connectivity index (χ1) is 34.0. The quantitative estimate of drug-likeness (QED) is 0.0659. The number of benzene rings is 3. The van der Waals surface area contributed by atoms with Crippen LogP contribution in [0.25, 0.3) is 10.4 Å². The molecule has 2 aliphatic heterocycles. The first-order valence-electron chi connectivity index (χ1n) is 23.7. The molecule has 0 saturated carbocycles.